The summed E-state index contributed by atoms with van der Waals surface area (Å²) in [6.45, 7) is 1.43. The van der Waals surface area contributed by atoms with E-state index < -0.39 is 12.0 Å². The Morgan fingerprint density at radius 2 is 1.95 bits per heavy atom. The lowest BCUT2D eigenvalue weighted by Gasteiger charge is -2.28. The Kier molecular flexibility index (Phi) is 5.79. The number of halogens is 1. The van der Waals surface area contributed by atoms with Crippen molar-refractivity contribution in [3.05, 3.63) is 29.3 Å². The fraction of sp³-hybridized carbons (Fsp3) is 0.385. The summed E-state index contributed by atoms with van der Waals surface area (Å²) in [4.78, 5) is 25.0. The lowest BCUT2D eigenvalue weighted by atomic mass is 10.2. The third-order valence-corrected chi connectivity index (χ3v) is 2.90. The second kappa shape index (κ2) is 7.11. The van der Waals surface area contributed by atoms with Crippen molar-refractivity contribution < 1.29 is 19.1 Å². The molecule has 1 atom stereocenters. The van der Waals surface area contributed by atoms with Crippen molar-refractivity contribution in [3.63, 3.8) is 0 Å². The number of amides is 1. The first kappa shape index (κ1) is 15.5. The minimum absolute atomic E-state index is 0.146. The Balaban J connectivity index is 3.16. The number of anilines is 1. The maximum absolute atomic E-state index is 12.1. The lowest BCUT2D eigenvalue weighted by Crippen LogP contribution is -2.45. The van der Waals surface area contributed by atoms with E-state index in [-0.39, 0.29) is 12.5 Å². The predicted octanol–water partition coefficient (Wildman–Crippen LogP) is 1.88. The molecule has 0 saturated carbocycles. The molecule has 0 aliphatic rings. The Morgan fingerprint density at radius 3 is 2.47 bits per heavy atom. The number of carbonyl (C=O) groups excluding carboxylic acids is 2. The smallest absolute Gasteiger partial charge is 0.328 e. The molecule has 0 spiro atoms. The molecule has 1 rings (SSSR count). The first-order chi connectivity index (χ1) is 9.02. The number of esters is 1. The van der Waals surface area contributed by atoms with Crippen LogP contribution in [-0.4, -0.2) is 38.7 Å². The number of carbonyl (C=O) groups is 2. The maximum Gasteiger partial charge on any atom is 0.328 e. The summed E-state index contributed by atoms with van der Waals surface area (Å²) in [6.07, 6.45) is 0. The van der Waals surface area contributed by atoms with E-state index in [0.717, 1.165) is 0 Å². The molecule has 6 heteroatoms. The molecule has 0 bridgehead atoms. The van der Waals surface area contributed by atoms with Crippen LogP contribution in [0, 0.1) is 0 Å². The zero-order chi connectivity index (χ0) is 14.4. The molecule has 1 aromatic rings. The average molecular weight is 286 g/mol. The first-order valence-electron chi connectivity index (χ1n) is 5.66. The molecule has 0 aliphatic heterocycles. The molecule has 0 fully saturated rings. The largest absolute Gasteiger partial charge is 0.467 e. The van der Waals surface area contributed by atoms with Gasteiger partial charge in [0.1, 0.15) is 12.6 Å². The van der Waals surface area contributed by atoms with Crippen molar-refractivity contribution in [1.82, 2.24) is 0 Å². The van der Waals surface area contributed by atoms with Crippen molar-refractivity contribution in [1.29, 1.82) is 0 Å². The predicted molar refractivity (Wildman–Crippen MR) is 72.3 cm³/mol. The van der Waals surface area contributed by atoms with Gasteiger partial charge >= 0.3 is 5.97 Å². The summed E-state index contributed by atoms with van der Waals surface area (Å²) in [7, 11) is 2.68. The van der Waals surface area contributed by atoms with Gasteiger partial charge in [0, 0.05) is 7.11 Å². The topological polar surface area (TPSA) is 55.8 Å². The standard InChI is InChI=1S/C13H16ClNO4/c1-9(13(17)19-3)15(12(16)8-18-2)11-7-5-4-6-10(11)14/h4-7,9H,8H2,1-3H3. The van der Waals surface area contributed by atoms with E-state index in [2.05, 4.69) is 4.74 Å². The SMILES string of the molecule is COCC(=O)N(c1ccccc1Cl)C(C)C(=O)OC. The van der Waals surface area contributed by atoms with Gasteiger partial charge in [0.15, 0.2) is 0 Å². The van der Waals surface area contributed by atoms with Gasteiger partial charge in [0.2, 0.25) is 0 Å². The van der Waals surface area contributed by atoms with Gasteiger partial charge < -0.3 is 9.47 Å². The second-order valence-corrected chi connectivity index (χ2v) is 4.25. The maximum atomic E-state index is 12.1. The Bertz CT molecular complexity index is 464. The van der Waals surface area contributed by atoms with Crippen molar-refractivity contribution in [2.45, 2.75) is 13.0 Å². The summed E-state index contributed by atoms with van der Waals surface area (Å²) < 4.78 is 9.49. The summed E-state index contributed by atoms with van der Waals surface area (Å²) in [5.41, 5.74) is 0.448. The van der Waals surface area contributed by atoms with Crippen molar-refractivity contribution in [2.24, 2.45) is 0 Å². The number of benzene rings is 1. The van der Waals surface area contributed by atoms with E-state index in [1.165, 1.54) is 19.1 Å². The van der Waals surface area contributed by atoms with Crippen LogP contribution in [0.25, 0.3) is 0 Å². The van der Waals surface area contributed by atoms with Gasteiger partial charge in [-0.25, -0.2) is 4.79 Å². The highest BCUT2D eigenvalue weighted by Gasteiger charge is 2.29. The minimum Gasteiger partial charge on any atom is -0.467 e. The van der Waals surface area contributed by atoms with E-state index >= 15 is 0 Å². The number of hydrogen-bond donors (Lipinski definition) is 0. The number of ether oxygens (including phenoxy) is 2. The normalized spacial score (nSPS) is 11.8. The quantitative estimate of drug-likeness (QED) is 0.775. The second-order valence-electron chi connectivity index (χ2n) is 3.85. The molecule has 5 nitrogen and oxygen atoms in total. The monoisotopic (exact) mass is 285 g/mol. The van der Waals surface area contributed by atoms with Gasteiger partial charge in [0.05, 0.1) is 17.8 Å². The number of rotatable bonds is 5. The Morgan fingerprint density at radius 1 is 1.32 bits per heavy atom. The summed E-state index contributed by atoms with van der Waals surface area (Å²) in [5, 5.41) is 0.378. The summed E-state index contributed by atoms with van der Waals surface area (Å²) >= 11 is 6.07. The molecule has 0 aliphatic carbocycles. The third-order valence-electron chi connectivity index (χ3n) is 2.58. The third kappa shape index (κ3) is 3.68. The average Bonchev–Trinajstić information content (AvgIpc) is 2.40. The Hall–Kier alpha value is -1.59. The molecule has 1 amide bonds. The van der Waals surface area contributed by atoms with Crippen LogP contribution < -0.4 is 4.90 Å². The van der Waals surface area contributed by atoms with Gasteiger partial charge in [-0.1, -0.05) is 23.7 Å². The van der Waals surface area contributed by atoms with E-state index in [0.29, 0.717) is 10.7 Å². The van der Waals surface area contributed by atoms with Crippen LogP contribution in [0.3, 0.4) is 0 Å². The van der Waals surface area contributed by atoms with Crippen LogP contribution in [0.2, 0.25) is 5.02 Å². The zero-order valence-corrected chi connectivity index (χ0v) is 11.8. The van der Waals surface area contributed by atoms with Gasteiger partial charge in [-0.2, -0.15) is 0 Å². The molecule has 1 unspecified atom stereocenters. The highest BCUT2D eigenvalue weighted by Crippen LogP contribution is 2.27. The van der Waals surface area contributed by atoms with E-state index in [9.17, 15) is 9.59 Å². The molecular weight excluding hydrogens is 270 g/mol. The molecule has 19 heavy (non-hydrogen) atoms. The number of hydrogen-bond acceptors (Lipinski definition) is 4. The molecular formula is C13H16ClNO4. The molecule has 0 radical (unpaired) electrons. The summed E-state index contributed by atoms with van der Waals surface area (Å²) in [5.74, 6) is -0.891. The van der Waals surface area contributed by atoms with E-state index in [1.54, 1.807) is 31.2 Å². The van der Waals surface area contributed by atoms with Crippen molar-refractivity contribution in [2.75, 3.05) is 25.7 Å². The molecule has 0 heterocycles. The first-order valence-corrected chi connectivity index (χ1v) is 6.04. The van der Waals surface area contributed by atoms with Gasteiger partial charge in [-0.3, -0.25) is 9.69 Å². The molecule has 1 aromatic carbocycles. The van der Waals surface area contributed by atoms with Crippen LogP contribution in [0.15, 0.2) is 24.3 Å². The van der Waals surface area contributed by atoms with Gasteiger partial charge in [0.25, 0.3) is 5.91 Å². The lowest BCUT2D eigenvalue weighted by molar-refractivity contribution is -0.143. The molecule has 104 valence electrons. The van der Waals surface area contributed by atoms with Crippen LogP contribution >= 0.6 is 11.6 Å². The zero-order valence-electron chi connectivity index (χ0n) is 11.1. The number of methoxy groups -OCH3 is 2. The summed E-state index contributed by atoms with van der Waals surface area (Å²) in [6, 6.07) is 6.00. The molecule has 0 aromatic heterocycles. The minimum atomic E-state index is -0.785. The molecule has 0 saturated heterocycles. The van der Waals surface area contributed by atoms with Gasteiger partial charge in [-0.05, 0) is 19.1 Å². The highest BCUT2D eigenvalue weighted by atomic mass is 35.5. The van der Waals surface area contributed by atoms with Crippen LogP contribution in [-0.2, 0) is 19.1 Å². The molecule has 0 N–H and O–H groups in total. The van der Waals surface area contributed by atoms with Crippen LogP contribution in [0.5, 0.6) is 0 Å². The van der Waals surface area contributed by atoms with Gasteiger partial charge in [-0.15, -0.1) is 0 Å². The fourth-order valence-corrected chi connectivity index (χ4v) is 1.90. The van der Waals surface area contributed by atoms with E-state index in [4.69, 9.17) is 16.3 Å². The number of para-hydroxylation sites is 1. The number of nitrogens with zero attached hydrogens (tertiary/aromatic N) is 1. The highest BCUT2D eigenvalue weighted by molar-refractivity contribution is 6.34. The Labute approximate surface area is 117 Å². The van der Waals surface area contributed by atoms with Crippen LogP contribution in [0.4, 0.5) is 5.69 Å². The van der Waals surface area contributed by atoms with Crippen molar-refractivity contribution in [3.8, 4) is 0 Å². The van der Waals surface area contributed by atoms with Crippen LogP contribution in [0.1, 0.15) is 6.92 Å². The fourth-order valence-electron chi connectivity index (χ4n) is 1.68. The van der Waals surface area contributed by atoms with E-state index in [1.807, 2.05) is 0 Å². The van der Waals surface area contributed by atoms with Crippen molar-refractivity contribution >= 4 is 29.2 Å².